The summed E-state index contributed by atoms with van der Waals surface area (Å²) < 4.78 is 0. The van der Waals surface area contributed by atoms with Gasteiger partial charge in [-0.3, -0.25) is 14.4 Å². The summed E-state index contributed by atoms with van der Waals surface area (Å²) in [6, 6.07) is 3.77. The lowest BCUT2D eigenvalue weighted by Gasteiger charge is -2.13. The number of benzene rings is 1. The summed E-state index contributed by atoms with van der Waals surface area (Å²) in [4.78, 5) is 55.1. The number of carbonyl (C=O) groups is 3. The summed E-state index contributed by atoms with van der Waals surface area (Å²) in [5, 5.41) is 14.1. The lowest BCUT2D eigenvalue weighted by Crippen LogP contribution is -2.40. The summed E-state index contributed by atoms with van der Waals surface area (Å²) in [6.45, 7) is 2.82. The highest BCUT2D eigenvalue weighted by Crippen LogP contribution is 2.15. The lowest BCUT2D eigenvalue weighted by molar-refractivity contribution is -0.124. The van der Waals surface area contributed by atoms with Gasteiger partial charge in [-0.1, -0.05) is 0 Å². The van der Waals surface area contributed by atoms with Crippen LogP contribution >= 0.6 is 0 Å². The molecule has 0 saturated carbocycles. The normalized spacial score (nSPS) is 11.1. The molecule has 1 atom stereocenters. The van der Waals surface area contributed by atoms with Gasteiger partial charge < -0.3 is 25.7 Å². The van der Waals surface area contributed by atoms with Crippen molar-refractivity contribution < 1.29 is 19.5 Å². The Morgan fingerprint density at radius 2 is 2.00 bits per heavy atom. The maximum atomic E-state index is 12.1. The number of hydrogen-bond donors (Lipinski definition) is 5. The number of rotatable bonds is 4. The van der Waals surface area contributed by atoms with E-state index < -0.39 is 23.3 Å². The molecule has 0 bridgehead atoms. The van der Waals surface area contributed by atoms with Gasteiger partial charge in [-0.15, -0.1) is 0 Å². The van der Waals surface area contributed by atoms with Crippen molar-refractivity contribution in [2.45, 2.75) is 19.9 Å². The zero-order valence-corrected chi connectivity index (χ0v) is 15.1. The fraction of sp³-hybridized carbons (Fsp3) is 0.167. The van der Waals surface area contributed by atoms with Gasteiger partial charge in [0.05, 0.1) is 6.33 Å². The first-order chi connectivity index (χ1) is 13.3. The third-order valence-electron chi connectivity index (χ3n) is 3.60. The van der Waals surface area contributed by atoms with Crippen LogP contribution in [0.3, 0.4) is 0 Å². The number of pyridine rings is 1. The van der Waals surface area contributed by atoms with Gasteiger partial charge >= 0.3 is 5.97 Å². The molecule has 0 aliphatic heterocycles. The average Bonchev–Trinajstić information content (AvgIpc) is 3.21. The molecule has 10 heteroatoms. The van der Waals surface area contributed by atoms with Crippen molar-refractivity contribution in [3.8, 4) is 0 Å². The highest BCUT2D eigenvalue weighted by molar-refractivity contribution is 5.99. The van der Waals surface area contributed by atoms with E-state index in [2.05, 4.69) is 25.6 Å². The number of carboxylic acids is 1. The molecule has 3 aromatic rings. The summed E-state index contributed by atoms with van der Waals surface area (Å²) in [5.74, 6) is -2.12. The molecular formula is C18H19N5O5. The molecule has 2 amide bonds. The number of aromatic carboxylic acids is 1. The number of nitrogens with one attached hydrogen (secondary N) is 4. The van der Waals surface area contributed by atoms with E-state index in [1.165, 1.54) is 19.9 Å². The zero-order valence-electron chi connectivity index (χ0n) is 15.1. The predicted molar refractivity (Wildman–Crippen MR) is 102 cm³/mol. The standard InChI is InChI=1S/C15H15N3O5.C3H4N2/c1-7(17-8(2)19)14(21)18-9-3-4-12-10(5-9)13(20)11(6-16-12)15(22)23;1-2-5-3-4-1/h3-7H,1-2H3,(H,16,20)(H,17,19)(H,18,21)(H,22,23);1-3H,(H,4,5). The van der Waals surface area contributed by atoms with Crippen LogP contribution in [0.4, 0.5) is 5.69 Å². The number of aromatic nitrogens is 3. The molecule has 1 unspecified atom stereocenters. The Balaban J connectivity index is 0.000000485. The molecule has 10 nitrogen and oxygen atoms in total. The van der Waals surface area contributed by atoms with Crippen molar-refractivity contribution >= 4 is 34.4 Å². The van der Waals surface area contributed by atoms with Gasteiger partial charge in [-0.05, 0) is 25.1 Å². The second-order valence-corrected chi connectivity index (χ2v) is 5.77. The third-order valence-corrected chi connectivity index (χ3v) is 3.60. The van der Waals surface area contributed by atoms with Gasteiger partial charge in [-0.25, -0.2) is 9.78 Å². The monoisotopic (exact) mass is 385 g/mol. The Labute approximate surface area is 159 Å². The molecule has 0 fully saturated rings. The van der Waals surface area contributed by atoms with Gasteiger partial charge in [0.25, 0.3) is 0 Å². The zero-order chi connectivity index (χ0) is 20.7. The molecule has 3 rings (SSSR count). The van der Waals surface area contributed by atoms with Gasteiger partial charge in [0.2, 0.25) is 17.2 Å². The Kier molecular flexibility index (Phi) is 6.63. The van der Waals surface area contributed by atoms with Crippen LogP contribution in [-0.2, 0) is 9.59 Å². The highest BCUT2D eigenvalue weighted by atomic mass is 16.4. The highest BCUT2D eigenvalue weighted by Gasteiger charge is 2.15. The number of anilines is 1. The van der Waals surface area contributed by atoms with E-state index in [0.29, 0.717) is 11.2 Å². The first-order valence-electron chi connectivity index (χ1n) is 8.19. The molecular weight excluding hydrogens is 366 g/mol. The summed E-state index contributed by atoms with van der Waals surface area (Å²) >= 11 is 0. The van der Waals surface area contributed by atoms with Crippen LogP contribution in [-0.4, -0.2) is 43.9 Å². The SMILES string of the molecule is CC(=O)NC(C)C(=O)Nc1ccc2[nH]cc(C(=O)O)c(=O)c2c1.c1c[nH]cn1. The van der Waals surface area contributed by atoms with Crippen LogP contribution in [0.15, 0.2) is 47.9 Å². The van der Waals surface area contributed by atoms with Crippen molar-refractivity contribution in [2.75, 3.05) is 5.32 Å². The molecule has 146 valence electrons. The number of carboxylic acid groups (broad SMARTS) is 1. The van der Waals surface area contributed by atoms with Crippen molar-refractivity contribution in [3.05, 3.63) is 58.9 Å². The predicted octanol–water partition coefficient (Wildman–Crippen LogP) is 1.10. The molecule has 0 spiro atoms. The third kappa shape index (κ3) is 5.27. The van der Waals surface area contributed by atoms with Gasteiger partial charge in [0.15, 0.2) is 0 Å². The topological polar surface area (TPSA) is 157 Å². The minimum Gasteiger partial charge on any atom is -0.477 e. The maximum absolute atomic E-state index is 12.1. The average molecular weight is 385 g/mol. The van der Waals surface area contributed by atoms with E-state index >= 15 is 0 Å². The number of carbonyl (C=O) groups excluding carboxylic acids is 2. The first-order valence-corrected chi connectivity index (χ1v) is 8.19. The van der Waals surface area contributed by atoms with Crippen molar-refractivity contribution in [1.82, 2.24) is 20.3 Å². The second-order valence-electron chi connectivity index (χ2n) is 5.77. The van der Waals surface area contributed by atoms with Crippen molar-refractivity contribution in [3.63, 3.8) is 0 Å². The van der Waals surface area contributed by atoms with E-state index in [1.54, 1.807) is 30.9 Å². The minimum absolute atomic E-state index is 0.148. The number of hydrogen-bond acceptors (Lipinski definition) is 5. The Bertz CT molecular complexity index is 1020. The van der Waals surface area contributed by atoms with Crippen LogP contribution in [0, 0.1) is 0 Å². The number of imidazole rings is 1. The van der Waals surface area contributed by atoms with E-state index in [0.717, 1.165) is 6.20 Å². The van der Waals surface area contributed by atoms with E-state index in [1.807, 2.05) is 0 Å². The smallest absolute Gasteiger partial charge is 0.341 e. The number of H-pyrrole nitrogens is 2. The van der Waals surface area contributed by atoms with Crippen LogP contribution in [0.1, 0.15) is 24.2 Å². The summed E-state index contributed by atoms with van der Waals surface area (Å²) in [6.07, 6.45) is 6.21. The van der Waals surface area contributed by atoms with Crippen LogP contribution in [0.5, 0.6) is 0 Å². The molecule has 0 radical (unpaired) electrons. The lowest BCUT2D eigenvalue weighted by atomic mass is 10.1. The van der Waals surface area contributed by atoms with Crippen molar-refractivity contribution in [1.29, 1.82) is 0 Å². The molecule has 0 aliphatic rings. The summed E-state index contributed by atoms with van der Waals surface area (Å²) in [5.41, 5.74) is -0.245. The quantitative estimate of drug-likeness (QED) is 0.452. The molecule has 5 N–H and O–H groups in total. The largest absolute Gasteiger partial charge is 0.477 e. The second kappa shape index (κ2) is 9.12. The van der Waals surface area contributed by atoms with Crippen LogP contribution < -0.4 is 16.1 Å². The number of nitrogens with zero attached hydrogens (tertiary/aromatic N) is 1. The van der Waals surface area contributed by atoms with Gasteiger partial charge in [0.1, 0.15) is 11.6 Å². The Morgan fingerprint density at radius 3 is 2.54 bits per heavy atom. The van der Waals surface area contributed by atoms with E-state index in [-0.39, 0.29) is 16.9 Å². The molecule has 1 aromatic carbocycles. The fourth-order valence-corrected chi connectivity index (χ4v) is 2.29. The van der Waals surface area contributed by atoms with Crippen LogP contribution in [0.25, 0.3) is 10.9 Å². The molecule has 28 heavy (non-hydrogen) atoms. The van der Waals surface area contributed by atoms with Crippen molar-refractivity contribution in [2.24, 2.45) is 0 Å². The number of fused-ring (bicyclic) bond motifs is 1. The fourth-order valence-electron chi connectivity index (χ4n) is 2.29. The maximum Gasteiger partial charge on any atom is 0.341 e. The Morgan fingerprint density at radius 1 is 1.25 bits per heavy atom. The number of aromatic amines is 2. The molecule has 0 aliphatic carbocycles. The van der Waals surface area contributed by atoms with Crippen LogP contribution in [0.2, 0.25) is 0 Å². The summed E-state index contributed by atoms with van der Waals surface area (Å²) in [7, 11) is 0. The molecule has 2 heterocycles. The molecule has 2 aromatic heterocycles. The van der Waals surface area contributed by atoms with Gasteiger partial charge in [0, 0.05) is 42.1 Å². The van der Waals surface area contributed by atoms with Gasteiger partial charge in [-0.2, -0.15) is 0 Å². The number of amides is 2. The Hall–Kier alpha value is -3.95. The minimum atomic E-state index is -1.33. The van der Waals surface area contributed by atoms with E-state index in [4.69, 9.17) is 5.11 Å². The van der Waals surface area contributed by atoms with E-state index in [9.17, 15) is 19.2 Å². The first kappa shape index (κ1) is 20.4. The molecule has 0 saturated heterocycles.